The third-order valence-corrected chi connectivity index (χ3v) is 7.35. The molecule has 0 bridgehead atoms. The van der Waals surface area contributed by atoms with Crippen LogP contribution in [0.1, 0.15) is 20.8 Å². The Morgan fingerprint density at radius 1 is 1.03 bits per heavy atom. The van der Waals surface area contributed by atoms with Crippen LogP contribution in [0.25, 0.3) is 20.3 Å². The number of halogens is 3. The van der Waals surface area contributed by atoms with Crippen molar-refractivity contribution in [2.75, 3.05) is 4.90 Å². The zero-order valence-corrected chi connectivity index (χ0v) is 19.2. The van der Waals surface area contributed by atoms with E-state index in [0.717, 1.165) is 28.7 Å². The summed E-state index contributed by atoms with van der Waals surface area (Å²) in [5, 5.41) is 11.7. The Morgan fingerprint density at radius 2 is 1.80 bits per heavy atom. The van der Waals surface area contributed by atoms with Gasteiger partial charge in [0, 0.05) is 34.6 Å². The second-order valence-corrected chi connectivity index (χ2v) is 9.58. The van der Waals surface area contributed by atoms with Gasteiger partial charge in [0.15, 0.2) is 5.13 Å². The lowest BCUT2D eigenvalue weighted by atomic mass is 10.2. The van der Waals surface area contributed by atoms with Gasteiger partial charge in [0.2, 0.25) is 0 Å². The van der Waals surface area contributed by atoms with E-state index in [0.29, 0.717) is 20.3 Å². The number of non-ortho nitro benzene ring substituents is 1. The number of pyridine rings is 1. The standard InChI is InChI=1S/C23H13F3N4O3S2/c24-23(25,26)16-2-1-3-18-20(16)28-22(35-18)29(12-13-6-8-27-9-7-13)21(31)19-11-14-10-15(30(32)33)4-5-17(14)34-19/h1-11H,12H2. The van der Waals surface area contributed by atoms with Gasteiger partial charge in [0.05, 0.1) is 32.1 Å². The highest BCUT2D eigenvalue weighted by molar-refractivity contribution is 7.23. The average molecular weight is 515 g/mol. The number of hydrogen-bond donors (Lipinski definition) is 0. The number of thiophene rings is 1. The first-order chi connectivity index (χ1) is 16.7. The molecule has 2 aromatic carbocycles. The Balaban J connectivity index is 1.61. The van der Waals surface area contributed by atoms with E-state index in [2.05, 4.69) is 9.97 Å². The van der Waals surface area contributed by atoms with E-state index in [4.69, 9.17) is 0 Å². The van der Waals surface area contributed by atoms with Crippen LogP contribution in [0.3, 0.4) is 0 Å². The summed E-state index contributed by atoms with van der Waals surface area (Å²) in [5.41, 5.74) is -0.489. The van der Waals surface area contributed by atoms with E-state index in [1.54, 1.807) is 36.7 Å². The number of anilines is 1. The fraction of sp³-hybridized carbons (Fsp3) is 0.0870. The Labute approximate surface area is 203 Å². The normalized spacial score (nSPS) is 11.7. The second kappa shape index (κ2) is 8.71. The lowest BCUT2D eigenvalue weighted by molar-refractivity contribution is -0.384. The van der Waals surface area contributed by atoms with Crippen LogP contribution in [0.2, 0.25) is 0 Å². The Kier molecular flexibility index (Phi) is 5.69. The first-order valence-electron chi connectivity index (χ1n) is 10.1. The minimum Gasteiger partial charge on any atom is -0.279 e. The SMILES string of the molecule is O=C(c1cc2cc([N+](=O)[O-])ccc2s1)N(Cc1ccncc1)c1nc2c(C(F)(F)F)cccc2s1. The summed E-state index contributed by atoms with van der Waals surface area (Å²) in [6, 6.07) is 13.0. The van der Waals surface area contributed by atoms with E-state index < -0.39 is 22.6 Å². The van der Waals surface area contributed by atoms with Crippen molar-refractivity contribution < 1.29 is 22.9 Å². The fourth-order valence-electron chi connectivity index (χ4n) is 3.56. The van der Waals surface area contributed by atoms with E-state index in [9.17, 15) is 28.1 Å². The summed E-state index contributed by atoms with van der Waals surface area (Å²) >= 11 is 2.13. The third kappa shape index (κ3) is 4.45. The molecule has 3 heterocycles. The van der Waals surface area contributed by atoms with Crippen LogP contribution in [-0.4, -0.2) is 20.8 Å². The van der Waals surface area contributed by atoms with Crippen molar-refractivity contribution in [2.45, 2.75) is 12.7 Å². The minimum atomic E-state index is -4.59. The molecule has 0 saturated heterocycles. The number of amides is 1. The van der Waals surface area contributed by atoms with Gasteiger partial charge >= 0.3 is 6.18 Å². The fourth-order valence-corrected chi connectivity index (χ4v) is 5.54. The van der Waals surface area contributed by atoms with Crippen LogP contribution in [0, 0.1) is 10.1 Å². The van der Waals surface area contributed by atoms with Crippen LogP contribution >= 0.6 is 22.7 Å². The van der Waals surface area contributed by atoms with Crippen LogP contribution in [0.4, 0.5) is 24.0 Å². The number of carbonyl (C=O) groups excluding carboxylic acids is 1. The molecule has 5 aromatic rings. The maximum absolute atomic E-state index is 13.6. The molecule has 0 atom stereocenters. The van der Waals surface area contributed by atoms with Crippen molar-refractivity contribution in [3.63, 3.8) is 0 Å². The third-order valence-electron chi connectivity index (χ3n) is 5.20. The molecule has 0 aliphatic carbocycles. The molecule has 0 aliphatic heterocycles. The number of nitro groups is 1. The zero-order chi connectivity index (χ0) is 24.7. The molecule has 0 N–H and O–H groups in total. The molecule has 3 aromatic heterocycles. The predicted molar refractivity (Wildman–Crippen MR) is 128 cm³/mol. The molecule has 7 nitrogen and oxygen atoms in total. The van der Waals surface area contributed by atoms with Gasteiger partial charge in [-0.3, -0.25) is 24.8 Å². The van der Waals surface area contributed by atoms with Crippen LogP contribution < -0.4 is 4.90 Å². The summed E-state index contributed by atoms with van der Waals surface area (Å²) in [5.74, 6) is -0.474. The van der Waals surface area contributed by atoms with Crippen molar-refractivity contribution in [2.24, 2.45) is 0 Å². The second-order valence-electron chi connectivity index (χ2n) is 7.48. The summed E-state index contributed by atoms with van der Waals surface area (Å²) in [6.07, 6.45) is -1.49. The highest BCUT2D eigenvalue weighted by atomic mass is 32.1. The minimum absolute atomic E-state index is 0.0525. The first-order valence-corrected chi connectivity index (χ1v) is 11.7. The van der Waals surface area contributed by atoms with Crippen molar-refractivity contribution in [1.29, 1.82) is 0 Å². The Hall–Kier alpha value is -3.90. The van der Waals surface area contributed by atoms with E-state index in [1.165, 1.54) is 29.2 Å². The van der Waals surface area contributed by atoms with Gasteiger partial charge in [-0.25, -0.2) is 4.98 Å². The molecule has 0 unspecified atom stereocenters. The smallest absolute Gasteiger partial charge is 0.279 e. The topological polar surface area (TPSA) is 89.2 Å². The molecule has 35 heavy (non-hydrogen) atoms. The molecule has 176 valence electrons. The monoisotopic (exact) mass is 514 g/mol. The number of aromatic nitrogens is 2. The highest BCUT2D eigenvalue weighted by Gasteiger charge is 2.34. The Bertz CT molecular complexity index is 1580. The number of nitrogens with zero attached hydrogens (tertiary/aromatic N) is 4. The molecule has 0 aliphatic rings. The molecule has 0 spiro atoms. The molecule has 0 saturated carbocycles. The lowest BCUT2D eigenvalue weighted by Crippen LogP contribution is -2.29. The Morgan fingerprint density at radius 3 is 2.51 bits per heavy atom. The van der Waals surface area contributed by atoms with Gasteiger partial charge in [-0.05, 0) is 42.0 Å². The molecular weight excluding hydrogens is 501 g/mol. The number of alkyl halides is 3. The van der Waals surface area contributed by atoms with Crippen LogP contribution in [0.15, 0.2) is 67.0 Å². The van der Waals surface area contributed by atoms with Crippen LogP contribution in [-0.2, 0) is 12.7 Å². The van der Waals surface area contributed by atoms with E-state index in [-0.39, 0.29) is 27.8 Å². The number of rotatable bonds is 5. The van der Waals surface area contributed by atoms with Crippen molar-refractivity contribution in [3.8, 4) is 0 Å². The maximum atomic E-state index is 13.6. The number of thiazole rings is 1. The molecule has 0 radical (unpaired) electrons. The summed E-state index contributed by atoms with van der Waals surface area (Å²) < 4.78 is 41.6. The molecule has 5 rings (SSSR count). The highest BCUT2D eigenvalue weighted by Crippen LogP contribution is 2.39. The van der Waals surface area contributed by atoms with Gasteiger partial charge in [-0.1, -0.05) is 17.4 Å². The van der Waals surface area contributed by atoms with E-state index >= 15 is 0 Å². The average Bonchev–Trinajstić information content (AvgIpc) is 3.45. The van der Waals surface area contributed by atoms with Gasteiger partial charge in [0.25, 0.3) is 11.6 Å². The molecule has 1 amide bonds. The van der Waals surface area contributed by atoms with E-state index in [1.807, 2.05) is 0 Å². The van der Waals surface area contributed by atoms with Crippen molar-refractivity contribution in [1.82, 2.24) is 9.97 Å². The predicted octanol–water partition coefficient (Wildman–Crippen LogP) is 6.68. The molecule has 12 heteroatoms. The zero-order valence-electron chi connectivity index (χ0n) is 17.5. The lowest BCUT2D eigenvalue weighted by Gasteiger charge is -2.19. The summed E-state index contributed by atoms with van der Waals surface area (Å²) in [7, 11) is 0. The largest absolute Gasteiger partial charge is 0.418 e. The number of carbonyl (C=O) groups is 1. The summed E-state index contributed by atoms with van der Waals surface area (Å²) in [4.78, 5) is 34.0. The number of para-hydroxylation sites is 1. The van der Waals surface area contributed by atoms with Crippen LogP contribution in [0.5, 0.6) is 0 Å². The summed E-state index contributed by atoms with van der Waals surface area (Å²) in [6.45, 7) is 0.0525. The molecule has 0 fully saturated rings. The van der Waals surface area contributed by atoms with Gasteiger partial charge in [-0.2, -0.15) is 13.2 Å². The van der Waals surface area contributed by atoms with Crippen molar-refractivity contribution >= 4 is 59.7 Å². The number of nitro benzene ring substituents is 1. The van der Waals surface area contributed by atoms with Gasteiger partial charge in [0.1, 0.15) is 0 Å². The van der Waals surface area contributed by atoms with Crippen molar-refractivity contribution in [3.05, 3.63) is 93.1 Å². The number of fused-ring (bicyclic) bond motifs is 2. The number of benzene rings is 2. The van der Waals surface area contributed by atoms with Gasteiger partial charge in [-0.15, -0.1) is 11.3 Å². The quantitative estimate of drug-likeness (QED) is 0.193. The molecular formula is C23H13F3N4O3S2. The first kappa shape index (κ1) is 22.9. The van der Waals surface area contributed by atoms with Gasteiger partial charge < -0.3 is 0 Å². The maximum Gasteiger partial charge on any atom is 0.418 e. The number of hydrogen-bond acceptors (Lipinski definition) is 7.